The van der Waals surface area contributed by atoms with Gasteiger partial charge in [-0.05, 0) is 53.6 Å². The molecule has 0 fully saturated rings. The van der Waals surface area contributed by atoms with E-state index in [2.05, 4.69) is 24.3 Å². The van der Waals surface area contributed by atoms with E-state index < -0.39 is 0 Å². The van der Waals surface area contributed by atoms with Crippen molar-refractivity contribution in [3.8, 4) is 29.0 Å². The Kier molecular flexibility index (Phi) is 4.65. The molecule has 6 nitrogen and oxygen atoms in total. The molecule has 0 aliphatic heterocycles. The summed E-state index contributed by atoms with van der Waals surface area (Å²) < 4.78 is 14.3. The molecule has 0 saturated carbocycles. The maximum Gasteiger partial charge on any atom is 0.173 e. The van der Waals surface area contributed by atoms with Gasteiger partial charge in [-0.1, -0.05) is 66.7 Å². The molecule has 0 saturated heterocycles. The average Bonchev–Trinajstić information content (AvgIpc) is 3.72. The number of hydrogen-bond acceptors (Lipinski definition) is 5. The van der Waals surface area contributed by atoms with Crippen LogP contribution < -0.4 is 0 Å². The van der Waals surface area contributed by atoms with Gasteiger partial charge in [-0.3, -0.25) is 0 Å². The highest BCUT2D eigenvalue weighted by atomic mass is 16.3. The van der Waals surface area contributed by atoms with Gasteiger partial charge in [-0.15, -0.1) is 0 Å². The summed E-state index contributed by atoms with van der Waals surface area (Å²) in [5.74, 6) is 0. The SMILES string of the molecule is N#Cc1nc2c(oc3ccc(-c4ccc5oc6ccccc6c5c4)cc32)c(C#N)c1-n1c2ccccc2c2ccccc21. The van der Waals surface area contributed by atoms with E-state index in [1.165, 1.54) is 0 Å². The second-order valence-corrected chi connectivity index (χ2v) is 10.6. The van der Waals surface area contributed by atoms with Crippen LogP contribution in [0.15, 0.2) is 118 Å². The summed E-state index contributed by atoms with van der Waals surface area (Å²) in [7, 11) is 0. The third-order valence-corrected chi connectivity index (χ3v) is 8.30. The van der Waals surface area contributed by atoms with E-state index in [9.17, 15) is 10.5 Å². The quantitative estimate of drug-likeness (QED) is 0.214. The van der Waals surface area contributed by atoms with Crippen LogP contribution in [0.4, 0.5) is 0 Å². The number of pyridine rings is 1. The van der Waals surface area contributed by atoms with Crippen molar-refractivity contribution in [2.45, 2.75) is 0 Å². The molecule has 0 aliphatic carbocycles. The second-order valence-electron chi connectivity index (χ2n) is 10.6. The zero-order valence-electron chi connectivity index (χ0n) is 22.5. The van der Waals surface area contributed by atoms with Gasteiger partial charge in [0, 0.05) is 26.9 Å². The van der Waals surface area contributed by atoms with Crippen LogP contribution in [0.5, 0.6) is 0 Å². The first kappa shape index (κ1) is 23.3. The molecular formula is C37H18N4O2. The van der Waals surface area contributed by atoms with Crippen molar-refractivity contribution in [3.05, 3.63) is 120 Å². The van der Waals surface area contributed by atoms with Crippen LogP contribution in [0.1, 0.15) is 11.3 Å². The van der Waals surface area contributed by atoms with Crippen molar-refractivity contribution in [2.75, 3.05) is 0 Å². The molecule has 4 heterocycles. The maximum atomic E-state index is 10.5. The Bertz CT molecular complexity index is 2660. The molecular weight excluding hydrogens is 532 g/mol. The summed E-state index contributed by atoms with van der Waals surface area (Å²) in [6.07, 6.45) is 0. The van der Waals surface area contributed by atoms with Gasteiger partial charge in [-0.2, -0.15) is 10.5 Å². The molecule has 0 radical (unpaired) electrons. The van der Waals surface area contributed by atoms with Crippen LogP contribution >= 0.6 is 0 Å². The molecule has 0 atom stereocenters. The summed E-state index contributed by atoms with van der Waals surface area (Å²) >= 11 is 0. The van der Waals surface area contributed by atoms with Crippen LogP contribution in [0.2, 0.25) is 0 Å². The van der Waals surface area contributed by atoms with Gasteiger partial charge in [0.1, 0.15) is 45.7 Å². The molecule has 0 N–H and O–H groups in total. The minimum Gasteiger partial charge on any atom is -0.456 e. The molecule has 0 spiro atoms. The summed E-state index contributed by atoms with van der Waals surface area (Å²) in [5, 5.41) is 25.8. The summed E-state index contributed by atoms with van der Waals surface area (Å²) in [5.41, 5.74) is 7.74. The zero-order chi connectivity index (χ0) is 28.7. The average molecular weight is 551 g/mol. The maximum absolute atomic E-state index is 10.5. The Morgan fingerprint density at radius 1 is 0.558 bits per heavy atom. The van der Waals surface area contributed by atoms with Crippen molar-refractivity contribution in [3.63, 3.8) is 0 Å². The fourth-order valence-corrected chi connectivity index (χ4v) is 6.40. The number of benzene rings is 5. The highest BCUT2D eigenvalue weighted by Gasteiger charge is 2.25. The number of rotatable bonds is 2. The van der Waals surface area contributed by atoms with Crippen LogP contribution in [-0.2, 0) is 0 Å². The van der Waals surface area contributed by atoms with Crippen LogP contribution in [0.3, 0.4) is 0 Å². The van der Waals surface area contributed by atoms with Crippen molar-refractivity contribution in [2.24, 2.45) is 0 Å². The fourth-order valence-electron chi connectivity index (χ4n) is 6.40. The van der Waals surface area contributed by atoms with Gasteiger partial charge >= 0.3 is 0 Å². The zero-order valence-corrected chi connectivity index (χ0v) is 22.5. The summed E-state index contributed by atoms with van der Waals surface area (Å²) in [6.45, 7) is 0. The predicted octanol–water partition coefficient (Wildman–Crippen LogP) is 9.39. The molecule has 43 heavy (non-hydrogen) atoms. The molecule has 9 rings (SSSR count). The number of nitriles is 2. The normalized spacial score (nSPS) is 11.7. The van der Waals surface area contributed by atoms with E-state index in [0.29, 0.717) is 22.4 Å². The van der Waals surface area contributed by atoms with Gasteiger partial charge in [0.15, 0.2) is 11.3 Å². The molecule has 198 valence electrons. The largest absolute Gasteiger partial charge is 0.456 e. The Morgan fingerprint density at radius 2 is 1.14 bits per heavy atom. The second kappa shape index (κ2) is 8.57. The van der Waals surface area contributed by atoms with Crippen molar-refractivity contribution in [1.29, 1.82) is 10.5 Å². The van der Waals surface area contributed by atoms with E-state index >= 15 is 0 Å². The molecule has 0 amide bonds. The highest BCUT2D eigenvalue weighted by Crippen LogP contribution is 2.40. The smallest absolute Gasteiger partial charge is 0.173 e. The minimum atomic E-state index is 0.162. The first-order valence-electron chi connectivity index (χ1n) is 13.8. The lowest BCUT2D eigenvalue weighted by Gasteiger charge is -2.11. The molecule has 0 aliphatic rings. The van der Waals surface area contributed by atoms with E-state index in [0.717, 1.165) is 60.3 Å². The van der Waals surface area contributed by atoms with Crippen LogP contribution in [-0.4, -0.2) is 9.55 Å². The Balaban J connectivity index is 1.31. The number of furan rings is 2. The third-order valence-electron chi connectivity index (χ3n) is 8.30. The van der Waals surface area contributed by atoms with Gasteiger partial charge in [0.25, 0.3) is 0 Å². The molecule has 0 unspecified atom stereocenters. The van der Waals surface area contributed by atoms with Crippen molar-refractivity contribution < 1.29 is 8.83 Å². The summed E-state index contributed by atoms with van der Waals surface area (Å²) in [6, 6.07) is 40.6. The lowest BCUT2D eigenvalue weighted by molar-refractivity contribution is 0.666. The molecule has 4 aromatic heterocycles. The van der Waals surface area contributed by atoms with Gasteiger partial charge < -0.3 is 13.4 Å². The van der Waals surface area contributed by atoms with E-state index in [4.69, 9.17) is 13.8 Å². The Labute approximate surface area is 243 Å². The molecule has 0 bridgehead atoms. The van der Waals surface area contributed by atoms with Gasteiger partial charge in [-0.25, -0.2) is 4.98 Å². The van der Waals surface area contributed by atoms with E-state index in [1.54, 1.807) is 0 Å². The van der Waals surface area contributed by atoms with Crippen LogP contribution in [0.25, 0.3) is 82.6 Å². The number of hydrogen-bond donors (Lipinski definition) is 0. The van der Waals surface area contributed by atoms with Crippen molar-refractivity contribution in [1.82, 2.24) is 9.55 Å². The standard InChI is InChI=1S/C37H18N4O2/c38-19-28-36(41-30-10-4-1-7-23(30)24-8-2-5-11-31(24)41)29(20-39)40-35-27-18-22(14-16-34(27)43-37(28)35)21-13-15-33-26(17-21)25-9-3-6-12-32(25)42-33/h1-18H. The Morgan fingerprint density at radius 3 is 1.81 bits per heavy atom. The fraction of sp³-hybridized carbons (Fsp3) is 0. The van der Waals surface area contributed by atoms with Crippen molar-refractivity contribution >= 4 is 65.8 Å². The first-order chi connectivity index (χ1) is 21.2. The molecule has 6 heteroatoms. The Hall–Kier alpha value is -6.37. The lowest BCUT2D eigenvalue weighted by atomic mass is 10.0. The molecule has 5 aromatic carbocycles. The third kappa shape index (κ3) is 3.18. The topological polar surface area (TPSA) is 91.7 Å². The minimum absolute atomic E-state index is 0.162. The number of aromatic nitrogens is 2. The number of para-hydroxylation sites is 3. The highest BCUT2D eigenvalue weighted by molar-refractivity contribution is 6.12. The molecule has 9 aromatic rings. The summed E-state index contributed by atoms with van der Waals surface area (Å²) in [4.78, 5) is 4.84. The van der Waals surface area contributed by atoms with Crippen LogP contribution in [0, 0.1) is 22.7 Å². The first-order valence-corrected chi connectivity index (χ1v) is 13.8. The lowest BCUT2D eigenvalue weighted by Crippen LogP contribution is -2.04. The monoisotopic (exact) mass is 550 g/mol. The number of nitrogens with zero attached hydrogens (tertiary/aromatic N) is 4. The predicted molar refractivity (Wildman–Crippen MR) is 168 cm³/mol. The van der Waals surface area contributed by atoms with E-state index in [1.807, 2.05) is 102 Å². The van der Waals surface area contributed by atoms with Gasteiger partial charge in [0.2, 0.25) is 0 Å². The van der Waals surface area contributed by atoms with Gasteiger partial charge in [0.05, 0.1) is 11.0 Å². The van der Waals surface area contributed by atoms with E-state index in [-0.39, 0.29) is 11.3 Å². The number of fused-ring (bicyclic) bond motifs is 9.